The molecule has 1 heterocycles. The number of hydrogen-bond acceptors (Lipinski definition) is 6. The molecule has 0 aromatic rings. The fourth-order valence-electron chi connectivity index (χ4n) is 5.00. The predicted molar refractivity (Wildman–Crippen MR) is 144 cm³/mol. The summed E-state index contributed by atoms with van der Waals surface area (Å²) >= 11 is 0. The van der Waals surface area contributed by atoms with Crippen LogP contribution in [0.4, 0.5) is 0 Å². The molecule has 0 aromatic carbocycles. The van der Waals surface area contributed by atoms with E-state index in [0.29, 0.717) is 6.42 Å². The Morgan fingerprint density at radius 1 is 1.03 bits per heavy atom. The summed E-state index contributed by atoms with van der Waals surface area (Å²) in [6, 6.07) is -0.861. The molecular weight excluding hydrogens is 474 g/mol. The molecule has 1 saturated heterocycles. The third-order valence-electron chi connectivity index (χ3n) is 7.48. The van der Waals surface area contributed by atoms with E-state index in [9.17, 15) is 29.7 Å². The molecule has 0 saturated carbocycles. The van der Waals surface area contributed by atoms with Gasteiger partial charge in [0.1, 0.15) is 12.0 Å². The maximum Gasteiger partial charge on any atom is 0.328 e. The Labute approximate surface area is 223 Å². The van der Waals surface area contributed by atoms with Crippen LogP contribution in [0.15, 0.2) is 12.2 Å². The van der Waals surface area contributed by atoms with E-state index in [4.69, 9.17) is 4.74 Å². The van der Waals surface area contributed by atoms with Crippen LogP contribution >= 0.6 is 0 Å². The van der Waals surface area contributed by atoms with E-state index in [1.54, 1.807) is 0 Å². The van der Waals surface area contributed by atoms with Gasteiger partial charge in [-0.25, -0.2) is 4.79 Å². The number of ether oxygens (including phenoxy) is 1. The summed E-state index contributed by atoms with van der Waals surface area (Å²) < 4.78 is 4.72. The second-order valence-corrected chi connectivity index (χ2v) is 10.7. The van der Waals surface area contributed by atoms with E-state index in [0.717, 1.165) is 30.6 Å². The van der Waals surface area contributed by atoms with Crippen LogP contribution in [0.5, 0.6) is 0 Å². The fraction of sp³-hybridized carbons (Fsp3) is 0.828. The average molecular weight is 526 g/mol. The number of aliphatic carboxylic acids is 1. The van der Waals surface area contributed by atoms with Crippen LogP contribution < -0.4 is 0 Å². The van der Waals surface area contributed by atoms with Crippen molar-refractivity contribution in [1.82, 2.24) is 4.90 Å². The molecule has 0 radical (unpaired) electrons. The second kappa shape index (κ2) is 18.3. The lowest BCUT2D eigenvalue weighted by molar-refractivity contribution is -0.162. The largest absolute Gasteiger partial charge is 0.481 e. The van der Waals surface area contributed by atoms with Crippen LogP contribution in [-0.2, 0) is 19.1 Å². The lowest BCUT2D eigenvalue weighted by Crippen LogP contribution is -2.52. The lowest BCUT2D eigenvalue weighted by Gasteiger charge is -2.35. The number of rotatable bonds is 21. The molecular formula is C29H51NO7. The van der Waals surface area contributed by atoms with Crippen LogP contribution in [-0.4, -0.2) is 69.5 Å². The Morgan fingerprint density at radius 3 is 2.11 bits per heavy atom. The smallest absolute Gasteiger partial charge is 0.328 e. The first-order valence-electron chi connectivity index (χ1n) is 14.3. The number of esters is 1. The average Bonchev–Trinajstić information content (AvgIpc) is 3.23. The van der Waals surface area contributed by atoms with Crippen molar-refractivity contribution in [2.45, 2.75) is 134 Å². The minimum Gasteiger partial charge on any atom is -0.481 e. The van der Waals surface area contributed by atoms with E-state index in [1.165, 1.54) is 65.4 Å². The van der Waals surface area contributed by atoms with E-state index in [-0.39, 0.29) is 31.7 Å². The zero-order valence-corrected chi connectivity index (χ0v) is 23.3. The summed E-state index contributed by atoms with van der Waals surface area (Å²) in [5.74, 6) is -3.70. The van der Waals surface area contributed by atoms with Crippen LogP contribution in [0.3, 0.4) is 0 Å². The predicted octanol–water partition coefficient (Wildman–Crippen LogP) is 5.00. The van der Waals surface area contributed by atoms with Gasteiger partial charge in [0.15, 0.2) is 0 Å². The highest BCUT2D eigenvalue weighted by Gasteiger charge is 2.45. The Kier molecular flexibility index (Phi) is 16.4. The minimum absolute atomic E-state index is 0.117. The van der Waals surface area contributed by atoms with E-state index in [2.05, 4.69) is 19.1 Å². The molecule has 0 bridgehead atoms. The summed E-state index contributed by atoms with van der Waals surface area (Å²) in [6.45, 7) is 3.32. The molecule has 3 N–H and O–H groups in total. The van der Waals surface area contributed by atoms with Crippen molar-refractivity contribution in [3.63, 3.8) is 0 Å². The molecule has 1 aliphatic rings. The molecule has 1 unspecified atom stereocenters. The maximum absolute atomic E-state index is 12.2. The fourth-order valence-corrected chi connectivity index (χ4v) is 5.00. The summed E-state index contributed by atoms with van der Waals surface area (Å²) in [7, 11) is 1.21. The van der Waals surface area contributed by atoms with Gasteiger partial charge in [-0.2, -0.15) is 0 Å². The summed E-state index contributed by atoms with van der Waals surface area (Å²) in [5.41, 5.74) is -1.63. The van der Waals surface area contributed by atoms with Crippen molar-refractivity contribution in [3.8, 4) is 0 Å². The van der Waals surface area contributed by atoms with Gasteiger partial charge in [0.2, 0.25) is 5.91 Å². The Bertz CT molecular complexity index is 706. The zero-order valence-electron chi connectivity index (χ0n) is 23.3. The van der Waals surface area contributed by atoms with Gasteiger partial charge in [-0.05, 0) is 45.4 Å². The number of carbonyl (C=O) groups is 3. The van der Waals surface area contributed by atoms with Crippen molar-refractivity contribution < 1.29 is 34.4 Å². The normalized spacial score (nSPS) is 19.2. The van der Waals surface area contributed by atoms with Crippen molar-refractivity contribution in [3.05, 3.63) is 12.2 Å². The van der Waals surface area contributed by atoms with Gasteiger partial charge in [0, 0.05) is 13.0 Å². The van der Waals surface area contributed by atoms with Crippen molar-refractivity contribution in [2.75, 3.05) is 13.7 Å². The lowest BCUT2D eigenvalue weighted by atomic mass is 9.84. The monoisotopic (exact) mass is 525 g/mol. The van der Waals surface area contributed by atoms with E-state index in [1.807, 2.05) is 0 Å². The number of carbonyl (C=O) groups excluding carboxylic acids is 2. The number of allylic oxidation sites excluding steroid dienone is 2. The third-order valence-corrected chi connectivity index (χ3v) is 7.48. The number of nitrogens with zero attached hydrogens (tertiary/aromatic N) is 1. The van der Waals surface area contributed by atoms with Gasteiger partial charge in [-0.3, -0.25) is 9.59 Å². The molecule has 1 fully saturated rings. The molecule has 8 heteroatoms. The van der Waals surface area contributed by atoms with Gasteiger partial charge >= 0.3 is 11.9 Å². The van der Waals surface area contributed by atoms with Gasteiger partial charge < -0.3 is 25.0 Å². The van der Waals surface area contributed by atoms with Gasteiger partial charge in [-0.15, -0.1) is 0 Å². The number of likely N-dealkylation sites (tertiary alicyclic amines) is 1. The van der Waals surface area contributed by atoms with E-state index < -0.39 is 35.6 Å². The quantitative estimate of drug-likeness (QED) is 0.109. The first-order valence-corrected chi connectivity index (χ1v) is 14.3. The Hall–Kier alpha value is -1.93. The summed E-state index contributed by atoms with van der Waals surface area (Å²) in [5, 5.41) is 31.3. The first-order chi connectivity index (χ1) is 17.7. The standard InChI is InChI=1S/C29H51NO7/c1-4-5-6-7-8-9-10-11-12-13-14-15-16-17-18-21-29(2,36)26(32)23(27(33)34)22-30-24(28(35)37-3)19-20-25(30)31/h13-14,23-24,26,32,36H,4-12,15-22H2,1-3H3,(H,33,34)/b14-13+/t23-,24?,26-,29+/m0/s1. The number of unbranched alkanes of at least 4 members (excludes halogenated alkanes) is 11. The molecule has 0 aromatic heterocycles. The molecule has 0 spiro atoms. The van der Waals surface area contributed by atoms with Gasteiger partial charge in [0.25, 0.3) is 0 Å². The van der Waals surface area contributed by atoms with Gasteiger partial charge in [-0.1, -0.05) is 76.9 Å². The SMILES string of the molecule is CCCCCCCCCC/C=C/CCCCC[C@@](C)(O)[C@@H](O)[C@H](CN1C(=O)CCC1C(=O)OC)C(=O)O. The number of hydrogen-bond donors (Lipinski definition) is 3. The highest BCUT2D eigenvalue weighted by atomic mass is 16.5. The molecule has 1 aliphatic heterocycles. The Balaban J connectivity index is 2.33. The molecule has 1 amide bonds. The number of carboxylic acid groups (broad SMARTS) is 1. The molecule has 0 aliphatic carbocycles. The number of carboxylic acids is 1. The van der Waals surface area contributed by atoms with Crippen molar-refractivity contribution in [1.29, 1.82) is 0 Å². The van der Waals surface area contributed by atoms with E-state index >= 15 is 0 Å². The highest BCUT2D eigenvalue weighted by Crippen LogP contribution is 2.28. The highest BCUT2D eigenvalue weighted by molar-refractivity contribution is 5.88. The number of aliphatic hydroxyl groups excluding tert-OH is 1. The number of aliphatic hydroxyl groups is 2. The van der Waals surface area contributed by atoms with Crippen LogP contribution in [0, 0.1) is 5.92 Å². The van der Waals surface area contributed by atoms with Crippen LogP contribution in [0.2, 0.25) is 0 Å². The first kappa shape index (κ1) is 33.1. The summed E-state index contributed by atoms with van der Waals surface area (Å²) in [6.07, 6.45) is 18.6. The topological polar surface area (TPSA) is 124 Å². The van der Waals surface area contributed by atoms with Gasteiger partial charge in [0.05, 0.1) is 18.8 Å². The third kappa shape index (κ3) is 12.4. The second-order valence-electron chi connectivity index (χ2n) is 10.7. The molecule has 37 heavy (non-hydrogen) atoms. The number of methoxy groups -OCH3 is 1. The molecule has 214 valence electrons. The molecule has 4 atom stereocenters. The van der Waals surface area contributed by atoms with Crippen LogP contribution in [0.25, 0.3) is 0 Å². The maximum atomic E-state index is 12.2. The Morgan fingerprint density at radius 2 is 1.57 bits per heavy atom. The molecule has 8 nitrogen and oxygen atoms in total. The van der Waals surface area contributed by atoms with Crippen molar-refractivity contribution >= 4 is 17.8 Å². The number of amides is 1. The van der Waals surface area contributed by atoms with Crippen LogP contribution in [0.1, 0.15) is 117 Å². The minimum atomic E-state index is -1.63. The van der Waals surface area contributed by atoms with Crippen molar-refractivity contribution in [2.24, 2.45) is 5.92 Å². The summed E-state index contributed by atoms with van der Waals surface area (Å²) in [4.78, 5) is 37.3. The zero-order chi connectivity index (χ0) is 27.7. The molecule has 1 rings (SSSR count).